The summed E-state index contributed by atoms with van der Waals surface area (Å²) in [5.41, 5.74) is -0.610. The van der Waals surface area contributed by atoms with Crippen molar-refractivity contribution < 1.29 is 14.3 Å². The molecule has 1 fully saturated rings. The van der Waals surface area contributed by atoms with Gasteiger partial charge in [-0.3, -0.25) is 4.79 Å². The zero-order valence-corrected chi connectivity index (χ0v) is 12.7. The highest BCUT2D eigenvalue weighted by Crippen LogP contribution is 2.15. The molecule has 1 aliphatic rings. The molecule has 1 N–H and O–H groups in total. The minimum absolute atomic E-state index is 0.178. The first-order valence-electron chi connectivity index (χ1n) is 7.18. The maximum atomic E-state index is 11.9. The van der Waals surface area contributed by atoms with Crippen LogP contribution in [0.2, 0.25) is 0 Å². The molecule has 1 rings (SSSR count). The highest BCUT2D eigenvalue weighted by Gasteiger charge is 2.33. The van der Waals surface area contributed by atoms with Crippen LogP contribution in [0.4, 0.5) is 0 Å². The van der Waals surface area contributed by atoms with E-state index in [1.807, 2.05) is 13.8 Å². The third kappa shape index (κ3) is 5.09. The number of esters is 1. The average molecular weight is 272 g/mol. The zero-order chi connectivity index (χ0) is 14.3. The lowest BCUT2D eigenvalue weighted by Crippen LogP contribution is -2.50. The van der Waals surface area contributed by atoms with Crippen LogP contribution in [0, 0.1) is 0 Å². The number of carbonyl (C=O) groups is 1. The van der Waals surface area contributed by atoms with Crippen molar-refractivity contribution in [2.24, 2.45) is 0 Å². The van der Waals surface area contributed by atoms with Gasteiger partial charge in [-0.1, -0.05) is 0 Å². The fourth-order valence-corrected chi connectivity index (χ4v) is 2.26. The second-order valence-electron chi connectivity index (χ2n) is 5.45. The number of carbonyl (C=O) groups excluding carboxylic acids is 1. The quantitative estimate of drug-likeness (QED) is 0.669. The van der Waals surface area contributed by atoms with Gasteiger partial charge in [0.1, 0.15) is 5.54 Å². The summed E-state index contributed by atoms with van der Waals surface area (Å²) in [5, 5.41) is 3.08. The lowest BCUT2D eigenvalue weighted by Gasteiger charge is -2.29. The molecule has 1 saturated heterocycles. The molecule has 1 heterocycles. The second-order valence-corrected chi connectivity index (χ2v) is 5.45. The summed E-state index contributed by atoms with van der Waals surface area (Å²) >= 11 is 0. The maximum absolute atomic E-state index is 11.9. The van der Waals surface area contributed by atoms with E-state index in [0.717, 1.165) is 39.0 Å². The summed E-state index contributed by atoms with van der Waals surface area (Å²) in [7, 11) is 3.87. The summed E-state index contributed by atoms with van der Waals surface area (Å²) in [5.74, 6) is -0.178. The normalized spacial score (nSPS) is 22.5. The van der Waals surface area contributed by atoms with E-state index < -0.39 is 5.54 Å². The van der Waals surface area contributed by atoms with Gasteiger partial charge in [-0.2, -0.15) is 0 Å². The number of ether oxygens (including phenoxy) is 2. The molecule has 2 atom stereocenters. The number of nitrogens with one attached hydrogen (secondary N) is 1. The first-order valence-corrected chi connectivity index (χ1v) is 7.18. The Balaban J connectivity index is 2.36. The van der Waals surface area contributed by atoms with Crippen molar-refractivity contribution in [3.63, 3.8) is 0 Å². The molecule has 0 aromatic carbocycles. The molecular weight excluding hydrogens is 244 g/mol. The van der Waals surface area contributed by atoms with Crippen molar-refractivity contribution in [1.82, 2.24) is 10.2 Å². The van der Waals surface area contributed by atoms with Crippen LogP contribution in [0.3, 0.4) is 0 Å². The number of likely N-dealkylation sites (N-methyl/N-ethyl adjacent to an activating group) is 2. The highest BCUT2D eigenvalue weighted by atomic mass is 16.5. The van der Waals surface area contributed by atoms with Crippen molar-refractivity contribution in [1.29, 1.82) is 0 Å². The van der Waals surface area contributed by atoms with E-state index in [4.69, 9.17) is 9.47 Å². The SMILES string of the molecule is CCOC(=O)C(C)(CCN(C)CC1CCCO1)NC. The lowest BCUT2D eigenvalue weighted by atomic mass is 9.98. The molecule has 0 radical (unpaired) electrons. The second kappa shape index (κ2) is 7.82. The van der Waals surface area contributed by atoms with Gasteiger partial charge in [0.25, 0.3) is 0 Å². The van der Waals surface area contributed by atoms with Crippen LogP contribution in [0.15, 0.2) is 0 Å². The van der Waals surface area contributed by atoms with Gasteiger partial charge in [-0.05, 0) is 47.2 Å². The van der Waals surface area contributed by atoms with E-state index in [-0.39, 0.29) is 5.97 Å². The first-order chi connectivity index (χ1) is 9.01. The molecule has 0 aromatic rings. The minimum atomic E-state index is -0.610. The molecule has 0 spiro atoms. The van der Waals surface area contributed by atoms with Gasteiger partial charge in [0.15, 0.2) is 0 Å². The van der Waals surface area contributed by atoms with Gasteiger partial charge in [0, 0.05) is 19.7 Å². The van der Waals surface area contributed by atoms with Crippen molar-refractivity contribution in [2.45, 2.75) is 44.8 Å². The molecule has 112 valence electrons. The molecule has 0 saturated carbocycles. The Labute approximate surface area is 116 Å². The summed E-state index contributed by atoms with van der Waals surface area (Å²) in [6.07, 6.45) is 3.39. The molecule has 2 unspecified atom stereocenters. The Kier molecular flexibility index (Phi) is 6.75. The summed E-state index contributed by atoms with van der Waals surface area (Å²) in [6, 6.07) is 0. The van der Waals surface area contributed by atoms with Gasteiger partial charge < -0.3 is 19.7 Å². The van der Waals surface area contributed by atoms with E-state index in [9.17, 15) is 4.79 Å². The standard InChI is InChI=1S/C14H28N2O3/c1-5-18-13(17)14(2,15-3)8-9-16(4)11-12-7-6-10-19-12/h12,15H,5-11H2,1-4H3. The fourth-order valence-electron chi connectivity index (χ4n) is 2.26. The first kappa shape index (κ1) is 16.4. The van der Waals surface area contributed by atoms with Crippen LogP contribution < -0.4 is 5.32 Å². The average Bonchev–Trinajstić information content (AvgIpc) is 2.89. The predicted octanol–water partition coefficient (Wildman–Crippen LogP) is 1.03. The Hall–Kier alpha value is -0.650. The molecule has 5 nitrogen and oxygen atoms in total. The molecule has 0 bridgehead atoms. The van der Waals surface area contributed by atoms with Gasteiger partial charge >= 0.3 is 5.97 Å². The van der Waals surface area contributed by atoms with E-state index in [0.29, 0.717) is 12.7 Å². The van der Waals surface area contributed by atoms with Gasteiger partial charge in [0.05, 0.1) is 12.7 Å². The monoisotopic (exact) mass is 272 g/mol. The van der Waals surface area contributed by atoms with E-state index in [2.05, 4.69) is 17.3 Å². The lowest BCUT2D eigenvalue weighted by molar-refractivity contribution is -0.150. The van der Waals surface area contributed by atoms with Crippen LogP contribution in [0.1, 0.15) is 33.1 Å². The topological polar surface area (TPSA) is 50.8 Å². The molecule has 19 heavy (non-hydrogen) atoms. The maximum Gasteiger partial charge on any atom is 0.326 e. The number of nitrogens with zero attached hydrogens (tertiary/aromatic N) is 1. The Morgan fingerprint density at radius 3 is 2.84 bits per heavy atom. The summed E-state index contributed by atoms with van der Waals surface area (Å²) in [4.78, 5) is 14.2. The summed E-state index contributed by atoms with van der Waals surface area (Å²) in [6.45, 7) is 6.80. The molecule has 0 aliphatic carbocycles. The highest BCUT2D eigenvalue weighted by molar-refractivity contribution is 5.80. The van der Waals surface area contributed by atoms with Crippen molar-refractivity contribution in [2.75, 3.05) is 40.4 Å². The van der Waals surface area contributed by atoms with E-state index in [1.54, 1.807) is 7.05 Å². The smallest absolute Gasteiger partial charge is 0.326 e. The minimum Gasteiger partial charge on any atom is -0.465 e. The number of hydrogen-bond donors (Lipinski definition) is 1. The van der Waals surface area contributed by atoms with E-state index >= 15 is 0 Å². The van der Waals surface area contributed by atoms with Crippen LogP contribution in [-0.4, -0.2) is 62.9 Å². The Bertz CT molecular complexity index is 280. The van der Waals surface area contributed by atoms with Gasteiger partial charge in [-0.15, -0.1) is 0 Å². The zero-order valence-electron chi connectivity index (χ0n) is 12.7. The summed E-state index contributed by atoms with van der Waals surface area (Å²) < 4.78 is 10.7. The van der Waals surface area contributed by atoms with Crippen LogP contribution >= 0.6 is 0 Å². The number of rotatable bonds is 8. The van der Waals surface area contributed by atoms with Gasteiger partial charge in [-0.25, -0.2) is 0 Å². The van der Waals surface area contributed by atoms with Crippen LogP contribution in [0.25, 0.3) is 0 Å². The van der Waals surface area contributed by atoms with Gasteiger partial charge in [0.2, 0.25) is 0 Å². The molecule has 5 heteroatoms. The third-order valence-corrected chi connectivity index (χ3v) is 3.81. The third-order valence-electron chi connectivity index (χ3n) is 3.81. The molecular formula is C14H28N2O3. The van der Waals surface area contributed by atoms with Crippen molar-refractivity contribution >= 4 is 5.97 Å². The van der Waals surface area contributed by atoms with E-state index in [1.165, 1.54) is 0 Å². The largest absolute Gasteiger partial charge is 0.465 e. The van der Waals surface area contributed by atoms with Crippen LogP contribution in [0.5, 0.6) is 0 Å². The number of hydrogen-bond acceptors (Lipinski definition) is 5. The molecule has 0 aromatic heterocycles. The predicted molar refractivity (Wildman–Crippen MR) is 75.2 cm³/mol. The van der Waals surface area contributed by atoms with Crippen LogP contribution in [-0.2, 0) is 14.3 Å². The van der Waals surface area contributed by atoms with Crippen molar-refractivity contribution in [3.8, 4) is 0 Å². The van der Waals surface area contributed by atoms with Crippen molar-refractivity contribution in [3.05, 3.63) is 0 Å². The Morgan fingerprint density at radius 1 is 1.58 bits per heavy atom. The Morgan fingerprint density at radius 2 is 2.32 bits per heavy atom. The molecule has 0 amide bonds. The fraction of sp³-hybridized carbons (Fsp3) is 0.929. The molecule has 1 aliphatic heterocycles.